The van der Waals surface area contributed by atoms with Crippen LogP contribution < -0.4 is 10.2 Å². The Morgan fingerprint density at radius 2 is 1.70 bits per heavy atom. The number of piperazine rings is 1. The third-order valence-corrected chi connectivity index (χ3v) is 4.32. The van der Waals surface area contributed by atoms with Gasteiger partial charge in [-0.3, -0.25) is 0 Å². The number of halogens is 1. The molecule has 1 N–H and O–H groups in total. The lowest BCUT2D eigenvalue weighted by Gasteiger charge is -2.33. The Morgan fingerprint density at radius 1 is 1.10 bits per heavy atom. The molecule has 1 aromatic heterocycles. The fourth-order valence-electron chi connectivity index (χ4n) is 2.25. The minimum Gasteiger partial charge on any atom is -0.372 e. The molecule has 0 aliphatic carbocycles. The van der Waals surface area contributed by atoms with Gasteiger partial charge in [-0.1, -0.05) is 20.8 Å². The average Bonchev–Trinajstić information content (AvgIpc) is 2.38. The highest BCUT2D eigenvalue weighted by atomic mass is 79.9. The molecule has 0 bridgehead atoms. The molecule has 2 rings (SSSR count). The van der Waals surface area contributed by atoms with Crippen LogP contribution in [0.25, 0.3) is 0 Å². The van der Waals surface area contributed by atoms with Crippen LogP contribution in [0, 0.1) is 0 Å². The first-order valence-electron chi connectivity index (χ1n) is 7.02. The van der Waals surface area contributed by atoms with Crippen LogP contribution in [0.2, 0.25) is 0 Å². The molecule has 0 radical (unpaired) electrons. The maximum atomic E-state index is 4.81. The van der Waals surface area contributed by atoms with Crippen LogP contribution >= 0.6 is 15.9 Å². The van der Waals surface area contributed by atoms with Crippen molar-refractivity contribution < 1.29 is 0 Å². The molecule has 0 aromatic carbocycles. The number of nitrogens with zero attached hydrogens (tertiary/aromatic N) is 4. The Morgan fingerprint density at radius 3 is 2.20 bits per heavy atom. The van der Waals surface area contributed by atoms with E-state index in [1.165, 1.54) is 0 Å². The van der Waals surface area contributed by atoms with E-state index < -0.39 is 0 Å². The predicted molar refractivity (Wildman–Crippen MR) is 87.7 cm³/mol. The van der Waals surface area contributed by atoms with Gasteiger partial charge in [0, 0.05) is 38.6 Å². The van der Waals surface area contributed by atoms with Crippen molar-refractivity contribution in [2.75, 3.05) is 50.5 Å². The number of anilines is 2. The van der Waals surface area contributed by atoms with Gasteiger partial charge in [-0.25, -0.2) is 4.98 Å². The molecule has 6 heteroatoms. The molecule has 1 saturated heterocycles. The summed E-state index contributed by atoms with van der Waals surface area (Å²) in [6.07, 6.45) is 0. The Bertz CT molecular complexity index is 475. The van der Waals surface area contributed by atoms with E-state index >= 15 is 0 Å². The Balaban J connectivity index is 2.39. The summed E-state index contributed by atoms with van der Waals surface area (Å²) in [5, 5.41) is 3.16. The van der Waals surface area contributed by atoms with Crippen LogP contribution in [0.5, 0.6) is 0 Å². The largest absolute Gasteiger partial charge is 0.372 e. The number of rotatable bonds is 2. The van der Waals surface area contributed by atoms with Crippen LogP contribution in [-0.4, -0.2) is 55.1 Å². The van der Waals surface area contributed by atoms with Crippen molar-refractivity contribution in [3.63, 3.8) is 0 Å². The van der Waals surface area contributed by atoms with E-state index in [0.717, 1.165) is 48.1 Å². The number of nitrogens with one attached hydrogen (secondary N) is 1. The summed E-state index contributed by atoms with van der Waals surface area (Å²) in [6, 6.07) is 0. The van der Waals surface area contributed by atoms with Gasteiger partial charge >= 0.3 is 0 Å². The molecule has 0 saturated carbocycles. The standard InChI is InChI=1S/C14H24BrN5/c1-14(2,3)11-10(15)12(16-4)18-13(17-11)20-8-6-19(5)7-9-20/h6-9H2,1-5H3,(H,16,17,18). The molecule has 0 amide bonds. The smallest absolute Gasteiger partial charge is 0.227 e. The highest BCUT2D eigenvalue weighted by Gasteiger charge is 2.25. The zero-order chi connectivity index (χ0) is 14.9. The molecular weight excluding hydrogens is 318 g/mol. The summed E-state index contributed by atoms with van der Waals surface area (Å²) in [5.41, 5.74) is 1.03. The zero-order valence-corrected chi connectivity index (χ0v) is 14.6. The summed E-state index contributed by atoms with van der Waals surface area (Å²) in [4.78, 5) is 14.1. The molecule has 1 aromatic rings. The van der Waals surface area contributed by atoms with Gasteiger partial charge < -0.3 is 15.1 Å². The van der Waals surface area contributed by atoms with Crippen molar-refractivity contribution in [2.24, 2.45) is 0 Å². The van der Waals surface area contributed by atoms with Gasteiger partial charge in [-0.05, 0) is 23.0 Å². The monoisotopic (exact) mass is 341 g/mol. The minimum absolute atomic E-state index is 0.0191. The first-order chi connectivity index (χ1) is 9.32. The maximum absolute atomic E-state index is 4.81. The summed E-state index contributed by atoms with van der Waals surface area (Å²) in [7, 11) is 4.05. The molecule has 0 spiro atoms. The molecule has 2 heterocycles. The van der Waals surface area contributed by atoms with Crippen molar-refractivity contribution >= 4 is 27.7 Å². The Hall–Kier alpha value is -0.880. The quantitative estimate of drug-likeness (QED) is 0.894. The first-order valence-corrected chi connectivity index (χ1v) is 7.81. The molecule has 1 aliphatic heterocycles. The normalized spacial score (nSPS) is 17.4. The van der Waals surface area contributed by atoms with Gasteiger partial charge in [0.2, 0.25) is 5.95 Å². The summed E-state index contributed by atoms with van der Waals surface area (Å²) in [6.45, 7) is 10.6. The summed E-state index contributed by atoms with van der Waals surface area (Å²) in [5.74, 6) is 1.69. The van der Waals surface area contributed by atoms with Gasteiger partial charge in [0.1, 0.15) is 5.82 Å². The van der Waals surface area contributed by atoms with Gasteiger partial charge in [0.25, 0.3) is 0 Å². The lowest BCUT2D eigenvalue weighted by Crippen LogP contribution is -2.45. The number of aromatic nitrogens is 2. The fraction of sp³-hybridized carbons (Fsp3) is 0.714. The highest BCUT2D eigenvalue weighted by Crippen LogP contribution is 2.34. The summed E-state index contributed by atoms with van der Waals surface area (Å²) < 4.78 is 0.963. The van der Waals surface area contributed by atoms with E-state index in [4.69, 9.17) is 4.98 Å². The van der Waals surface area contributed by atoms with Crippen LogP contribution in [-0.2, 0) is 5.41 Å². The fourth-order valence-corrected chi connectivity index (χ4v) is 3.22. The van der Waals surface area contributed by atoms with Gasteiger partial charge in [0.15, 0.2) is 0 Å². The lowest BCUT2D eigenvalue weighted by molar-refractivity contribution is 0.311. The topological polar surface area (TPSA) is 44.3 Å². The third kappa shape index (κ3) is 3.23. The molecule has 0 atom stereocenters. The Kier molecular flexibility index (Phi) is 4.54. The van der Waals surface area contributed by atoms with E-state index in [0.29, 0.717) is 0 Å². The molecule has 5 nitrogen and oxygen atoms in total. The van der Waals surface area contributed by atoms with Gasteiger partial charge in [0.05, 0.1) is 10.2 Å². The predicted octanol–water partition coefficient (Wildman–Crippen LogP) is 2.33. The SMILES string of the molecule is CNc1nc(N2CCN(C)CC2)nc(C(C)(C)C)c1Br. The van der Waals surface area contributed by atoms with Gasteiger partial charge in [-0.2, -0.15) is 4.98 Å². The average molecular weight is 342 g/mol. The van der Waals surface area contributed by atoms with Crippen molar-refractivity contribution in [1.82, 2.24) is 14.9 Å². The zero-order valence-electron chi connectivity index (χ0n) is 13.0. The maximum Gasteiger partial charge on any atom is 0.227 e. The second-order valence-corrected chi connectivity index (χ2v) is 7.12. The van der Waals surface area contributed by atoms with Crippen molar-refractivity contribution in [3.8, 4) is 0 Å². The van der Waals surface area contributed by atoms with Crippen molar-refractivity contribution in [3.05, 3.63) is 10.2 Å². The van der Waals surface area contributed by atoms with Crippen LogP contribution in [0.4, 0.5) is 11.8 Å². The molecule has 20 heavy (non-hydrogen) atoms. The van der Waals surface area contributed by atoms with E-state index in [1.54, 1.807) is 0 Å². The minimum atomic E-state index is -0.0191. The number of hydrogen-bond acceptors (Lipinski definition) is 5. The van der Waals surface area contributed by atoms with E-state index in [2.05, 4.69) is 63.8 Å². The van der Waals surface area contributed by atoms with Crippen LogP contribution in [0.15, 0.2) is 4.47 Å². The summed E-state index contributed by atoms with van der Waals surface area (Å²) >= 11 is 3.63. The molecule has 1 fully saturated rings. The van der Waals surface area contributed by atoms with Crippen LogP contribution in [0.3, 0.4) is 0 Å². The molecule has 1 aliphatic rings. The van der Waals surface area contributed by atoms with Crippen molar-refractivity contribution in [2.45, 2.75) is 26.2 Å². The lowest BCUT2D eigenvalue weighted by atomic mass is 9.92. The highest BCUT2D eigenvalue weighted by molar-refractivity contribution is 9.10. The first kappa shape index (κ1) is 15.5. The van der Waals surface area contributed by atoms with Gasteiger partial charge in [-0.15, -0.1) is 0 Å². The van der Waals surface area contributed by atoms with E-state index in [-0.39, 0.29) is 5.41 Å². The molecule has 112 valence electrons. The molecular formula is C14H24BrN5. The molecule has 0 unspecified atom stereocenters. The van der Waals surface area contributed by atoms with E-state index in [9.17, 15) is 0 Å². The van der Waals surface area contributed by atoms with Crippen molar-refractivity contribution in [1.29, 1.82) is 0 Å². The number of hydrogen-bond donors (Lipinski definition) is 1. The second-order valence-electron chi connectivity index (χ2n) is 6.33. The van der Waals surface area contributed by atoms with E-state index in [1.807, 2.05) is 7.05 Å². The second kappa shape index (κ2) is 5.85. The number of likely N-dealkylation sites (N-methyl/N-ethyl adjacent to an activating group) is 1. The van der Waals surface area contributed by atoms with Crippen LogP contribution in [0.1, 0.15) is 26.5 Å². The third-order valence-electron chi connectivity index (χ3n) is 3.57. The Labute approximate surface area is 129 Å².